The second kappa shape index (κ2) is 3.32. The second-order valence-electron chi connectivity index (χ2n) is 2.47. The molecule has 1 rings (SSSR count). The van der Waals surface area contributed by atoms with Crippen LogP contribution in [0, 0.1) is 0 Å². The first-order chi connectivity index (χ1) is 4.02. The largest absolute Gasteiger partial charge is 1.00 e. The van der Waals surface area contributed by atoms with Crippen LogP contribution in [-0.4, -0.2) is 17.5 Å². The average molecular weight is 166 g/mol. The number of imide groups is 1. The van der Waals surface area contributed by atoms with E-state index in [9.17, 15) is 9.59 Å². The Morgan fingerprint density at radius 3 is 2.00 bits per heavy atom. The van der Waals surface area contributed by atoms with Crippen molar-refractivity contribution in [1.82, 2.24) is 5.32 Å². The number of urea groups is 1. The number of hydrogen-bond acceptors (Lipinski definition) is 2. The van der Waals surface area contributed by atoms with Crippen LogP contribution in [0.25, 0.3) is 5.32 Å². The molecule has 1 aliphatic heterocycles. The van der Waals surface area contributed by atoms with E-state index in [0.717, 1.165) is 0 Å². The first kappa shape index (κ1) is 10.6. The first-order valence-corrected chi connectivity index (χ1v) is 2.61. The van der Waals surface area contributed by atoms with Crippen LogP contribution in [0.15, 0.2) is 0 Å². The fourth-order valence-corrected chi connectivity index (χ4v) is 0.581. The zero-order valence-corrected chi connectivity index (χ0v) is 9.39. The van der Waals surface area contributed by atoms with Crippen LogP contribution in [0.4, 0.5) is 4.79 Å². The quantitative estimate of drug-likeness (QED) is 0.317. The molecule has 1 saturated heterocycles. The minimum atomic E-state index is -0.781. The van der Waals surface area contributed by atoms with Crippen molar-refractivity contribution < 1.29 is 61.0 Å². The summed E-state index contributed by atoms with van der Waals surface area (Å²) in [6.45, 7) is 3.23. The Balaban J connectivity index is 0.000000810. The Kier molecular flexibility index (Phi) is 3.51. The van der Waals surface area contributed by atoms with Crippen molar-refractivity contribution >= 4 is 11.9 Å². The zero-order valence-electron chi connectivity index (χ0n) is 6.26. The van der Waals surface area contributed by atoms with Crippen LogP contribution in [0.5, 0.6) is 0 Å². The van der Waals surface area contributed by atoms with Crippen LogP contribution in [-0.2, 0) is 4.79 Å². The summed E-state index contributed by atoms with van der Waals surface area (Å²) in [5, 5.41) is 5.54. The van der Waals surface area contributed by atoms with Crippen LogP contribution >= 0.6 is 0 Å². The predicted octanol–water partition coefficient (Wildman–Crippen LogP) is -2.61. The third kappa shape index (κ3) is 2.03. The molecule has 5 heteroatoms. The van der Waals surface area contributed by atoms with Gasteiger partial charge in [-0.2, -0.15) is 0 Å². The molecule has 4 nitrogen and oxygen atoms in total. The van der Waals surface area contributed by atoms with Gasteiger partial charge in [-0.3, -0.25) is 9.59 Å². The summed E-state index contributed by atoms with van der Waals surface area (Å²) in [6.07, 6.45) is 0. The summed E-state index contributed by atoms with van der Waals surface area (Å²) < 4.78 is 0. The Hall–Kier alpha value is 0.576. The molecule has 0 aromatic heterocycles. The van der Waals surface area contributed by atoms with Crippen molar-refractivity contribution in [2.45, 2.75) is 19.4 Å². The van der Waals surface area contributed by atoms with Crippen molar-refractivity contribution in [2.75, 3.05) is 0 Å². The van der Waals surface area contributed by atoms with E-state index in [4.69, 9.17) is 0 Å². The van der Waals surface area contributed by atoms with Gasteiger partial charge in [-0.05, 0) is 0 Å². The summed E-state index contributed by atoms with van der Waals surface area (Å²) >= 11 is 0. The summed E-state index contributed by atoms with van der Waals surface area (Å²) in [5.74, 6) is -0.396. The molecule has 0 saturated carbocycles. The molecule has 0 aliphatic carbocycles. The van der Waals surface area contributed by atoms with Gasteiger partial charge in [-0.1, -0.05) is 13.8 Å². The number of hydrogen-bond donors (Lipinski definition) is 1. The molecule has 1 N–H and O–H groups in total. The van der Waals surface area contributed by atoms with E-state index in [1.54, 1.807) is 13.8 Å². The zero-order chi connectivity index (χ0) is 7.07. The Labute approximate surface area is 102 Å². The maximum absolute atomic E-state index is 10.7. The van der Waals surface area contributed by atoms with Gasteiger partial charge in [0, 0.05) is 5.54 Å². The third-order valence-electron chi connectivity index (χ3n) is 1.16. The molecule has 0 atom stereocenters. The van der Waals surface area contributed by atoms with Gasteiger partial charge in [-0.25, -0.2) is 0 Å². The maximum atomic E-state index is 10.7. The summed E-state index contributed by atoms with van der Waals surface area (Å²) in [6, 6.07) is -0.537. The SMILES string of the molecule is CC1(C)NC(=O)[N-]C1=O.[K+]. The second-order valence-corrected chi connectivity index (χ2v) is 2.47. The van der Waals surface area contributed by atoms with E-state index >= 15 is 0 Å². The van der Waals surface area contributed by atoms with Crippen molar-refractivity contribution in [3.63, 3.8) is 0 Å². The summed E-state index contributed by atoms with van der Waals surface area (Å²) in [4.78, 5) is 21.0. The third-order valence-corrected chi connectivity index (χ3v) is 1.16. The molecule has 0 aromatic rings. The molecular formula is C5H7KN2O2. The van der Waals surface area contributed by atoms with E-state index < -0.39 is 17.5 Å². The number of amides is 3. The van der Waals surface area contributed by atoms with Gasteiger partial charge in [0.25, 0.3) is 0 Å². The van der Waals surface area contributed by atoms with E-state index in [2.05, 4.69) is 10.6 Å². The van der Waals surface area contributed by atoms with Crippen molar-refractivity contribution in [3.05, 3.63) is 5.32 Å². The van der Waals surface area contributed by atoms with Gasteiger partial charge >= 0.3 is 51.4 Å². The Morgan fingerprint density at radius 2 is 1.90 bits per heavy atom. The normalized spacial score (nSPS) is 21.0. The molecule has 0 aromatic carbocycles. The molecule has 1 fully saturated rings. The molecular weight excluding hydrogens is 159 g/mol. The molecule has 1 heterocycles. The van der Waals surface area contributed by atoms with E-state index in [-0.39, 0.29) is 51.4 Å². The number of nitrogens with one attached hydrogen (secondary N) is 1. The van der Waals surface area contributed by atoms with Crippen molar-refractivity contribution in [1.29, 1.82) is 0 Å². The van der Waals surface area contributed by atoms with Crippen LogP contribution in [0.2, 0.25) is 0 Å². The topological polar surface area (TPSA) is 60.3 Å². The van der Waals surface area contributed by atoms with Gasteiger partial charge in [0.15, 0.2) is 11.9 Å². The van der Waals surface area contributed by atoms with E-state index in [0.29, 0.717) is 0 Å². The molecule has 50 valence electrons. The monoisotopic (exact) mass is 166 g/mol. The number of rotatable bonds is 0. The minimum Gasteiger partial charge on any atom is -0.437 e. The Bertz CT molecular complexity index is 178. The molecule has 0 spiro atoms. The van der Waals surface area contributed by atoms with Gasteiger partial charge in [0.05, 0.1) is 0 Å². The van der Waals surface area contributed by atoms with Crippen LogP contribution in [0.1, 0.15) is 13.8 Å². The van der Waals surface area contributed by atoms with Gasteiger partial charge in [0.1, 0.15) is 0 Å². The summed E-state index contributed by atoms with van der Waals surface area (Å²) in [7, 11) is 0. The number of nitrogens with zero attached hydrogens (tertiary/aromatic N) is 1. The fraction of sp³-hybridized carbons (Fsp3) is 0.600. The van der Waals surface area contributed by atoms with Crippen molar-refractivity contribution in [2.24, 2.45) is 0 Å². The standard InChI is InChI=1S/C5H8N2O2.K/c1-5(2)3(8)6-4(9)7-5;/h1-2H3,(H2,6,7,8,9);/q;+1/p-1. The summed E-state index contributed by atoms with van der Waals surface area (Å²) in [5.41, 5.74) is -0.781. The molecule has 0 bridgehead atoms. The molecule has 10 heavy (non-hydrogen) atoms. The van der Waals surface area contributed by atoms with E-state index in [1.807, 2.05) is 0 Å². The Morgan fingerprint density at radius 1 is 1.40 bits per heavy atom. The minimum absolute atomic E-state index is 0. The van der Waals surface area contributed by atoms with Crippen LogP contribution in [0.3, 0.4) is 0 Å². The molecule has 3 amide bonds. The van der Waals surface area contributed by atoms with Crippen LogP contribution < -0.4 is 56.7 Å². The van der Waals surface area contributed by atoms with Gasteiger partial charge in [0.2, 0.25) is 0 Å². The van der Waals surface area contributed by atoms with Gasteiger partial charge in [-0.15, -0.1) is 0 Å². The maximum Gasteiger partial charge on any atom is 1.00 e. The van der Waals surface area contributed by atoms with Gasteiger partial charge < -0.3 is 10.6 Å². The number of carbonyl (C=O) groups is 2. The molecule has 0 radical (unpaired) electrons. The van der Waals surface area contributed by atoms with E-state index in [1.165, 1.54) is 0 Å². The predicted molar refractivity (Wildman–Crippen MR) is 31.0 cm³/mol. The molecule has 0 unspecified atom stereocenters. The first-order valence-electron chi connectivity index (χ1n) is 2.61. The number of carbonyl (C=O) groups excluding carboxylic acids is 2. The average Bonchev–Trinajstić information content (AvgIpc) is 1.79. The van der Waals surface area contributed by atoms with Crippen molar-refractivity contribution in [3.8, 4) is 0 Å². The fourth-order valence-electron chi connectivity index (χ4n) is 0.581. The smallest absolute Gasteiger partial charge is 0.437 e. The molecule has 1 aliphatic rings.